The maximum Gasteiger partial charge on any atom is 0.308 e. The number of carbonyl (C=O) groups excluding carboxylic acids is 1. The summed E-state index contributed by atoms with van der Waals surface area (Å²) in [6.45, 7) is 3.87. The SMILES string of the molecule is CNc1cc(Nc2cccn(-c3nc(C)co3)c2=O)nc2c(C(=O)NCC(C)CO)cnn12. The van der Waals surface area contributed by atoms with Gasteiger partial charge in [0.15, 0.2) is 5.65 Å². The van der Waals surface area contributed by atoms with Gasteiger partial charge < -0.3 is 25.5 Å². The number of aliphatic hydroxyl groups excluding tert-OH is 1. The Morgan fingerprint density at radius 3 is 2.85 bits per heavy atom. The first-order chi connectivity index (χ1) is 15.9. The third kappa shape index (κ3) is 4.41. The summed E-state index contributed by atoms with van der Waals surface area (Å²) in [6, 6.07) is 5.12. The first-order valence-electron chi connectivity index (χ1n) is 10.3. The van der Waals surface area contributed by atoms with Gasteiger partial charge in [-0.3, -0.25) is 9.59 Å². The van der Waals surface area contributed by atoms with Crippen LogP contribution in [0.2, 0.25) is 0 Å². The summed E-state index contributed by atoms with van der Waals surface area (Å²) in [6.07, 6.45) is 4.44. The zero-order valence-electron chi connectivity index (χ0n) is 18.4. The monoisotopic (exact) mass is 452 g/mol. The lowest BCUT2D eigenvalue weighted by Crippen LogP contribution is -2.29. The van der Waals surface area contributed by atoms with Crippen LogP contribution in [0.25, 0.3) is 11.7 Å². The molecule has 12 nitrogen and oxygen atoms in total. The Morgan fingerprint density at radius 1 is 1.33 bits per heavy atom. The molecule has 12 heteroatoms. The predicted molar refractivity (Wildman–Crippen MR) is 121 cm³/mol. The molecule has 1 atom stereocenters. The maximum absolute atomic E-state index is 13.0. The number of carbonyl (C=O) groups is 1. The number of aromatic nitrogens is 5. The molecule has 0 radical (unpaired) electrons. The van der Waals surface area contributed by atoms with Crippen LogP contribution in [0.15, 0.2) is 46.1 Å². The van der Waals surface area contributed by atoms with Crippen molar-refractivity contribution >= 4 is 28.9 Å². The summed E-state index contributed by atoms with van der Waals surface area (Å²) >= 11 is 0. The van der Waals surface area contributed by atoms with E-state index in [1.165, 1.54) is 21.5 Å². The van der Waals surface area contributed by atoms with E-state index in [9.17, 15) is 14.7 Å². The van der Waals surface area contributed by atoms with E-state index in [2.05, 4.69) is 31.0 Å². The highest BCUT2D eigenvalue weighted by atomic mass is 16.4. The molecule has 0 aliphatic rings. The number of pyridine rings is 1. The summed E-state index contributed by atoms with van der Waals surface area (Å²) < 4.78 is 8.12. The van der Waals surface area contributed by atoms with Crippen molar-refractivity contribution in [2.45, 2.75) is 13.8 Å². The Hall–Kier alpha value is -4.19. The minimum Gasteiger partial charge on any atom is -0.431 e. The number of aryl methyl sites for hydroxylation is 1. The molecule has 0 fully saturated rings. The molecule has 0 aliphatic heterocycles. The number of rotatable bonds is 8. The van der Waals surface area contributed by atoms with Gasteiger partial charge in [0.2, 0.25) is 0 Å². The Kier molecular flexibility index (Phi) is 6.09. The minimum atomic E-state index is -0.378. The number of hydrogen-bond acceptors (Lipinski definition) is 9. The molecule has 33 heavy (non-hydrogen) atoms. The molecule has 0 saturated heterocycles. The van der Waals surface area contributed by atoms with Crippen molar-refractivity contribution in [3.8, 4) is 6.01 Å². The molecule has 0 aromatic carbocycles. The first-order valence-corrected chi connectivity index (χ1v) is 10.3. The van der Waals surface area contributed by atoms with E-state index in [1.807, 2.05) is 6.92 Å². The maximum atomic E-state index is 13.0. The van der Waals surface area contributed by atoms with E-state index in [0.717, 1.165) is 0 Å². The third-order valence-corrected chi connectivity index (χ3v) is 4.92. The van der Waals surface area contributed by atoms with Crippen molar-refractivity contribution in [2.75, 3.05) is 30.8 Å². The van der Waals surface area contributed by atoms with Crippen LogP contribution in [0.3, 0.4) is 0 Å². The fourth-order valence-corrected chi connectivity index (χ4v) is 3.12. The normalized spacial score (nSPS) is 12.0. The molecule has 1 unspecified atom stereocenters. The average Bonchev–Trinajstić information content (AvgIpc) is 3.44. The Balaban J connectivity index is 1.69. The Labute approximate surface area is 188 Å². The standard InChI is InChI=1S/C21H24N8O4/c1-12(10-30)8-23-19(31)14-9-24-29-17(22-3)7-16(27-18(14)29)26-15-5-4-6-28(20(15)32)21-25-13(2)11-33-21/h4-7,9,11-12,22,30H,8,10H2,1-3H3,(H,23,31)(H,26,27). The van der Waals surface area contributed by atoms with Crippen LogP contribution >= 0.6 is 0 Å². The highest BCUT2D eigenvalue weighted by Gasteiger charge is 2.18. The molecule has 4 rings (SSSR count). The van der Waals surface area contributed by atoms with Gasteiger partial charge in [-0.2, -0.15) is 14.6 Å². The van der Waals surface area contributed by atoms with Gasteiger partial charge in [0.05, 0.1) is 11.9 Å². The number of nitrogens with zero attached hydrogens (tertiary/aromatic N) is 5. The van der Waals surface area contributed by atoms with Crippen molar-refractivity contribution in [2.24, 2.45) is 5.92 Å². The highest BCUT2D eigenvalue weighted by molar-refractivity contribution is 6.00. The molecule has 4 N–H and O–H groups in total. The molecule has 4 heterocycles. The molecule has 4 aromatic heterocycles. The second-order valence-electron chi connectivity index (χ2n) is 7.56. The van der Waals surface area contributed by atoms with Crippen molar-refractivity contribution < 1.29 is 14.3 Å². The summed E-state index contributed by atoms with van der Waals surface area (Å²) in [5.74, 6) is 0.452. The van der Waals surface area contributed by atoms with Gasteiger partial charge >= 0.3 is 6.01 Å². The average molecular weight is 452 g/mol. The number of anilines is 3. The summed E-state index contributed by atoms with van der Waals surface area (Å²) in [5.41, 5.74) is 1.09. The van der Waals surface area contributed by atoms with Gasteiger partial charge in [-0.05, 0) is 25.0 Å². The molecule has 0 bridgehead atoms. The van der Waals surface area contributed by atoms with Crippen LogP contribution in [0, 0.1) is 12.8 Å². The third-order valence-electron chi connectivity index (χ3n) is 4.92. The lowest BCUT2D eigenvalue weighted by atomic mass is 10.2. The Bertz CT molecular complexity index is 1360. The number of amides is 1. The summed E-state index contributed by atoms with van der Waals surface area (Å²) in [7, 11) is 1.71. The zero-order valence-corrected chi connectivity index (χ0v) is 18.4. The van der Waals surface area contributed by atoms with E-state index >= 15 is 0 Å². The molecule has 0 aliphatic carbocycles. The highest BCUT2D eigenvalue weighted by Crippen LogP contribution is 2.21. The van der Waals surface area contributed by atoms with Crippen LogP contribution in [-0.2, 0) is 0 Å². The minimum absolute atomic E-state index is 0.0348. The van der Waals surface area contributed by atoms with Gasteiger partial charge in [-0.15, -0.1) is 0 Å². The van der Waals surface area contributed by atoms with E-state index < -0.39 is 0 Å². The van der Waals surface area contributed by atoms with Crippen LogP contribution in [-0.4, -0.2) is 55.4 Å². The second kappa shape index (κ2) is 9.12. The van der Waals surface area contributed by atoms with Gasteiger partial charge in [0.1, 0.15) is 29.1 Å². The molecule has 0 spiro atoms. The smallest absolute Gasteiger partial charge is 0.308 e. The van der Waals surface area contributed by atoms with E-state index in [0.29, 0.717) is 29.5 Å². The molecule has 0 saturated carbocycles. The second-order valence-corrected chi connectivity index (χ2v) is 7.56. The van der Waals surface area contributed by atoms with Crippen molar-refractivity contribution in [3.05, 3.63) is 58.5 Å². The van der Waals surface area contributed by atoms with Gasteiger partial charge in [0.25, 0.3) is 11.5 Å². The van der Waals surface area contributed by atoms with Crippen LogP contribution in [0.5, 0.6) is 0 Å². The van der Waals surface area contributed by atoms with Crippen molar-refractivity contribution in [3.63, 3.8) is 0 Å². The van der Waals surface area contributed by atoms with E-state index in [1.54, 1.807) is 38.4 Å². The van der Waals surface area contributed by atoms with E-state index in [-0.39, 0.29) is 41.3 Å². The van der Waals surface area contributed by atoms with Crippen LogP contribution in [0.4, 0.5) is 17.3 Å². The fraction of sp³-hybridized carbons (Fsp3) is 0.286. The summed E-state index contributed by atoms with van der Waals surface area (Å²) in [4.78, 5) is 34.3. The molecular formula is C21H24N8O4. The van der Waals surface area contributed by atoms with Crippen LogP contribution in [0.1, 0.15) is 23.0 Å². The van der Waals surface area contributed by atoms with Crippen molar-refractivity contribution in [1.82, 2.24) is 29.5 Å². The van der Waals surface area contributed by atoms with Gasteiger partial charge in [0, 0.05) is 32.5 Å². The lowest BCUT2D eigenvalue weighted by Gasteiger charge is -2.11. The Morgan fingerprint density at radius 2 is 2.15 bits per heavy atom. The van der Waals surface area contributed by atoms with Gasteiger partial charge in [-0.1, -0.05) is 6.92 Å². The number of hydrogen-bond donors (Lipinski definition) is 4. The quantitative estimate of drug-likeness (QED) is 0.310. The number of oxazole rings is 1. The topological polar surface area (TPSA) is 152 Å². The first kappa shape index (κ1) is 22.0. The molecule has 1 amide bonds. The predicted octanol–water partition coefficient (Wildman–Crippen LogP) is 1.32. The van der Waals surface area contributed by atoms with Crippen LogP contribution < -0.4 is 21.5 Å². The zero-order chi connectivity index (χ0) is 23.5. The summed E-state index contributed by atoms with van der Waals surface area (Å²) in [5, 5.41) is 22.2. The van der Waals surface area contributed by atoms with Crippen molar-refractivity contribution in [1.29, 1.82) is 0 Å². The molecule has 4 aromatic rings. The molecular weight excluding hydrogens is 428 g/mol. The van der Waals surface area contributed by atoms with Gasteiger partial charge in [-0.25, -0.2) is 9.55 Å². The largest absolute Gasteiger partial charge is 0.431 e. The number of aliphatic hydroxyl groups is 1. The molecule has 172 valence electrons. The number of nitrogens with one attached hydrogen (secondary N) is 3. The van der Waals surface area contributed by atoms with E-state index in [4.69, 9.17) is 4.42 Å². The number of fused-ring (bicyclic) bond motifs is 1. The fourth-order valence-electron chi connectivity index (χ4n) is 3.12. The lowest BCUT2D eigenvalue weighted by molar-refractivity contribution is 0.0943.